The molecule has 2 aliphatic carbocycles. The van der Waals surface area contributed by atoms with E-state index in [2.05, 4.69) is 19.1 Å². The van der Waals surface area contributed by atoms with E-state index in [1.807, 2.05) is 12.1 Å². The van der Waals surface area contributed by atoms with Crippen LogP contribution in [0.3, 0.4) is 0 Å². The average Bonchev–Trinajstić information content (AvgIpc) is 2.64. The van der Waals surface area contributed by atoms with Crippen LogP contribution in [0.2, 0.25) is 0 Å². The first kappa shape index (κ1) is 17.9. The summed E-state index contributed by atoms with van der Waals surface area (Å²) in [5.74, 6) is -0.530. The highest BCUT2D eigenvalue weighted by Gasteiger charge is 2.32. The topological polar surface area (TPSA) is 86.2 Å². The van der Waals surface area contributed by atoms with E-state index in [9.17, 15) is 9.59 Å². The van der Waals surface area contributed by atoms with E-state index >= 15 is 0 Å². The van der Waals surface area contributed by atoms with E-state index < -0.39 is 0 Å². The molecule has 1 aromatic rings. The van der Waals surface area contributed by atoms with Gasteiger partial charge in [0.15, 0.2) is 11.6 Å². The van der Waals surface area contributed by atoms with Crippen LogP contribution in [0.15, 0.2) is 65.0 Å². The number of benzene rings is 1. The Kier molecular flexibility index (Phi) is 5.21. The summed E-state index contributed by atoms with van der Waals surface area (Å²) in [6.07, 6.45) is 10.3. The molecule has 0 aromatic heterocycles. The van der Waals surface area contributed by atoms with Crippen molar-refractivity contribution in [2.24, 2.45) is 11.5 Å². The maximum atomic E-state index is 12.9. The first-order valence-electron chi connectivity index (χ1n) is 9.11. The number of carbonyl (C=O) groups is 2. The van der Waals surface area contributed by atoms with Gasteiger partial charge in [-0.05, 0) is 42.2 Å². The van der Waals surface area contributed by atoms with Gasteiger partial charge >= 0.3 is 0 Å². The lowest BCUT2D eigenvalue weighted by molar-refractivity contribution is -0.113. The molecule has 4 N–H and O–H groups in total. The van der Waals surface area contributed by atoms with Crippen LogP contribution in [-0.4, -0.2) is 11.6 Å². The molecule has 26 heavy (non-hydrogen) atoms. The number of carbonyl (C=O) groups excluding carboxylic acids is 2. The van der Waals surface area contributed by atoms with Gasteiger partial charge in [0.05, 0.1) is 11.1 Å². The zero-order chi connectivity index (χ0) is 18.7. The van der Waals surface area contributed by atoms with Gasteiger partial charge in [-0.3, -0.25) is 9.59 Å². The number of rotatable bonds is 6. The number of aryl methyl sites for hydroxylation is 1. The van der Waals surface area contributed by atoms with Gasteiger partial charge < -0.3 is 11.5 Å². The van der Waals surface area contributed by atoms with Crippen molar-refractivity contribution in [3.8, 4) is 0 Å². The molecule has 0 atom stereocenters. The molecule has 0 radical (unpaired) electrons. The van der Waals surface area contributed by atoms with Gasteiger partial charge in [0, 0.05) is 17.0 Å². The molecule has 1 aromatic carbocycles. The minimum atomic E-state index is -0.280. The van der Waals surface area contributed by atoms with Crippen LogP contribution in [-0.2, 0) is 16.0 Å². The van der Waals surface area contributed by atoms with Crippen LogP contribution in [0.5, 0.6) is 0 Å². The number of ketones is 2. The van der Waals surface area contributed by atoms with Gasteiger partial charge in [0.2, 0.25) is 0 Å². The fraction of sp³-hybridized carbons (Fsp3) is 0.273. The van der Waals surface area contributed by atoms with Gasteiger partial charge in [-0.25, -0.2) is 0 Å². The van der Waals surface area contributed by atoms with Gasteiger partial charge in [0.1, 0.15) is 0 Å². The Hall–Kier alpha value is -2.88. The number of hydrogen-bond acceptors (Lipinski definition) is 4. The lowest BCUT2D eigenvalue weighted by Crippen LogP contribution is -2.26. The van der Waals surface area contributed by atoms with Crippen LogP contribution in [0.25, 0.3) is 5.57 Å². The first-order valence-corrected chi connectivity index (χ1v) is 9.11. The summed E-state index contributed by atoms with van der Waals surface area (Å²) in [6.45, 7) is 2.20. The van der Waals surface area contributed by atoms with Crippen molar-refractivity contribution in [2.45, 2.75) is 39.0 Å². The summed E-state index contributed by atoms with van der Waals surface area (Å²) in [7, 11) is 0. The van der Waals surface area contributed by atoms with Crippen LogP contribution < -0.4 is 11.5 Å². The number of fused-ring (bicyclic) bond motifs is 1. The second-order valence-corrected chi connectivity index (χ2v) is 6.75. The Morgan fingerprint density at radius 3 is 2.27 bits per heavy atom. The molecule has 0 saturated carbocycles. The molecule has 0 fully saturated rings. The molecule has 0 spiro atoms. The van der Waals surface area contributed by atoms with E-state index in [4.69, 9.17) is 11.5 Å². The third-order valence-corrected chi connectivity index (χ3v) is 4.84. The van der Waals surface area contributed by atoms with Crippen LogP contribution in [0.1, 0.15) is 43.7 Å². The second kappa shape index (κ2) is 7.56. The zero-order valence-corrected chi connectivity index (χ0v) is 15.0. The number of unbranched alkanes of at least 4 members (excludes halogenated alkanes) is 3. The molecule has 4 nitrogen and oxygen atoms in total. The van der Waals surface area contributed by atoms with Crippen molar-refractivity contribution in [1.29, 1.82) is 0 Å². The Morgan fingerprint density at radius 2 is 1.58 bits per heavy atom. The number of nitrogens with two attached hydrogens (primary N) is 2. The first-order chi connectivity index (χ1) is 12.5. The van der Waals surface area contributed by atoms with Crippen molar-refractivity contribution in [2.75, 3.05) is 0 Å². The number of allylic oxidation sites excluding steroid dienone is 6. The van der Waals surface area contributed by atoms with Crippen molar-refractivity contribution in [3.63, 3.8) is 0 Å². The molecule has 4 heteroatoms. The van der Waals surface area contributed by atoms with Gasteiger partial charge in [-0.15, -0.1) is 0 Å². The standard InChI is InChI=1S/C22H24N2O2/c1-2-3-4-5-6-14-7-9-15(10-8-14)16-13-18(24)20-19(25)12-11-17(23)21(20)22(16)26/h7-13H,2-6,23-24H2,1H3. The highest BCUT2D eigenvalue weighted by molar-refractivity contribution is 6.36. The average molecular weight is 348 g/mol. The van der Waals surface area contributed by atoms with Crippen molar-refractivity contribution < 1.29 is 9.59 Å². The summed E-state index contributed by atoms with van der Waals surface area (Å²) >= 11 is 0. The largest absolute Gasteiger partial charge is 0.398 e. The predicted octanol–water partition coefficient (Wildman–Crippen LogP) is 3.34. The quantitative estimate of drug-likeness (QED) is 0.772. The smallest absolute Gasteiger partial charge is 0.196 e. The summed E-state index contributed by atoms with van der Waals surface area (Å²) in [5, 5.41) is 0. The maximum Gasteiger partial charge on any atom is 0.196 e. The zero-order valence-electron chi connectivity index (χ0n) is 15.0. The molecule has 0 saturated heterocycles. The van der Waals surface area contributed by atoms with Crippen molar-refractivity contribution >= 4 is 17.1 Å². The Labute approximate surface area is 154 Å². The van der Waals surface area contributed by atoms with E-state index in [0.29, 0.717) is 5.57 Å². The molecule has 0 aliphatic heterocycles. The fourth-order valence-corrected chi connectivity index (χ4v) is 3.38. The monoisotopic (exact) mass is 348 g/mol. The molecule has 134 valence electrons. The molecule has 3 rings (SSSR count). The van der Waals surface area contributed by atoms with Gasteiger partial charge in [-0.1, -0.05) is 50.5 Å². The Morgan fingerprint density at radius 1 is 0.846 bits per heavy atom. The van der Waals surface area contributed by atoms with Crippen LogP contribution in [0, 0.1) is 0 Å². The third-order valence-electron chi connectivity index (χ3n) is 4.84. The van der Waals surface area contributed by atoms with Crippen LogP contribution >= 0.6 is 0 Å². The van der Waals surface area contributed by atoms with Gasteiger partial charge in [-0.2, -0.15) is 0 Å². The molecule has 0 bridgehead atoms. The SMILES string of the molecule is CCCCCCc1ccc(C2=CC(N)=C3C(=O)C=CC(N)=C3C2=O)cc1. The molecular formula is C22H24N2O2. The molecule has 0 amide bonds. The number of Topliss-reactive ketones (excluding diaryl/α,β-unsaturated/α-hetero) is 1. The van der Waals surface area contributed by atoms with E-state index in [-0.39, 0.29) is 34.1 Å². The third kappa shape index (κ3) is 3.40. The predicted molar refractivity (Wildman–Crippen MR) is 104 cm³/mol. The van der Waals surface area contributed by atoms with Gasteiger partial charge in [0.25, 0.3) is 0 Å². The lowest BCUT2D eigenvalue weighted by atomic mass is 9.81. The highest BCUT2D eigenvalue weighted by Crippen LogP contribution is 2.33. The number of hydrogen-bond donors (Lipinski definition) is 2. The summed E-state index contributed by atoms with van der Waals surface area (Å²) in [4.78, 5) is 25.0. The van der Waals surface area contributed by atoms with Crippen LogP contribution in [0.4, 0.5) is 0 Å². The van der Waals surface area contributed by atoms with E-state index in [1.54, 1.807) is 6.08 Å². The van der Waals surface area contributed by atoms with Crippen molar-refractivity contribution in [1.82, 2.24) is 0 Å². The molecule has 0 heterocycles. The van der Waals surface area contributed by atoms with E-state index in [0.717, 1.165) is 12.0 Å². The molecule has 2 aliphatic rings. The highest BCUT2D eigenvalue weighted by atomic mass is 16.1. The molecular weight excluding hydrogens is 324 g/mol. The lowest BCUT2D eigenvalue weighted by Gasteiger charge is -2.22. The minimum absolute atomic E-state index is 0.214. The maximum absolute atomic E-state index is 12.9. The summed E-state index contributed by atoms with van der Waals surface area (Å²) < 4.78 is 0. The normalized spacial score (nSPS) is 16.9. The fourth-order valence-electron chi connectivity index (χ4n) is 3.38. The summed E-state index contributed by atoms with van der Waals surface area (Å²) in [5.41, 5.74) is 15.5. The Balaban J connectivity index is 1.86. The second-order valence-electron chi connectivity index (χ2n) is 6.75. The Bertz CT molecular complexity index is 868. The van der Waals surface area contributed by atoms with Crippen molar-refractivity contribution in [3.05, 3.63) is 76.2 Å². The van der Waals surface area contributed by atoms with E-state index in [1.165, 1.54) is 43.4 Å². The summed E-state index contributed by atoms with van der Waals surface area (Å²) in [6, 6.07) is 7.98. The molecule has 0 unspecified atom stereocenters. The minimum Gasteiger partial charge on any atom is -0.398 e.